The monoisotopic (exact) mass is 216 g/mol. The Hall–Kier alpha value is -0.560. The molecule has 80 valence electrons. The molecule has 0 amide bonds. The predicted molar refractivity (Wildman–Crippen MR) is 26.5 cm³/mol. The maximum atomic E-state index is 12.3. The Labute approximate surface area is 67.5 Å². The van der Waals surface area contributed by atoms with Crippen LogP contribution in [0.5, 0.6) is 0 Å². The Morgan fingerprint density at radius 3 is 1.15 bits per heavy atom. The molecule has 0 saturated carbocycles. The molecule has 8 heteroatoms. The molecule has 0 saturated heterocycles. The fraction of sp³-hybridized carbons (Fsp3) is 1.00. The van der Waals surface area contributed by atoms with E-state index in [-0.39, 0.29) is 0 Å². The summed E-state index contributed by atoms with van der Waals surface area (Å²) in [7, 11) is 0. The van der Waals surface area contributed by atoms with Gasteiger partial charge in [0.05, 0.1) is 0 Å². The van der Waals surface area contributed by atoms with Crippen molar-refractivity contribution < 1.29 is 35.1 Å². The first-order valence-electron chi connectivity index (χ1n) is 2.86. The molecule has 0 aliphatic rings. The molecule has 1 atom stereocenters. The first-order chi connectivity index (χ1) is 5.44. The zero-order valence-electron chi connectivity index (χ0n) is 6.10. The Kier molecular flexibility index (Phi) is 2.86. The molecule has 0 radical (unpaired) electrons. The summed E-state index contributed by atoms with van der Waals surface area (Å²) in [6.45, 7) is -0.549. The zero-order valence-corrected chi connectivity index (χ0v) is 6.10. The summed E-state index contributed by atoms with van der Waals surface area (Å²) in [4.78, 5) is 0. The lowest BCUT2D eigenvalue weighted by Gasteiger charge is -2.31. The number of alkyl halides is 8. The SMILES string of the molecule is CC(F)(F)C(F)(C(F)F)C(F)(F)F. The van der Waals surface area contributed by atoms with Crippen molar-refractivity contribution in [2.75, 3.05) is 0 Å². The highest BCUT2D eigenvalue weighted by Crippen LogP contribution is 2.48. The van der Waals surface area contributed by atoms with E-state index in [1.807, 2.05) is 0 Å². The smallest absolute Gasteiger partial charge is 0.220 e. The van der Waals surface area contributed by atoms with Gasteiger partial charge < -0.3 is 0 Å². The fourth-order valence-corrected chi connectivity index (χ4v) is 0.564. The van der Waals surface area contributed by atoms with E-state index in [0.717, 1.165) is 0 Å². The second kappa shape index (κ2) is 2.98. The second-order valence-corrected chi connectivity index (χ2v) is 2.40. The summed E-state index contributed by atoms with van der Waals surface area (Å²) in [5.74, 6) is -5.18. The molecule has 0 nitrogen and oxygen atoms in total. The molecule has 0 aliphatic heterocycles. The van der Waals surface area contributed by atoms with E-state index in [9.17, 15) is 35.1 Å². The lowest BCUT2D eigenvalue weighted by atomic mass is 9.99. The van der Waals surface area contributed by atoms with Gasteiger partial charge in [-0.25, -0.2) is 22.0 Å². The van der Waals surface area contributed by atoms with Crippen molar-refractivity contribution in [3.8, 4) is 0 Å². The minimum atomic E-state index is -6.31. The Morgan fingerprint density at radius 2 is 1.15 bits per heavy atom. The molecule has 0 rings (SSSR count). The van der Waals surface area contributed by atoms with Crippen LogP contribution in [-0.4, -0.2) is 24.2 Å². The largest absolute Gasteiger partial charge is 0.434 e. The van der Waals surface area contributed by atoms with Gasteiger partial charge in [0, 0.05) is 6.92 Å². The average Bonchev–Trinajstić information content (AvgIpc) is 1.80. The second-order valence-electron chi connectivity index (χ2n) is 2.40. The van der Waals surface area contributed by atoms with Crippen LogP contribution < -0.4 is 0 Å². The minimum absolute atomic E-state index is 0.549. The topological polar surface area (TPSA) is 0 Å². The van der Waals surface area contributed by atoms with Gasteiger partial charge in [0.15, 0.2) is 0 Å². The highest BCUT2D eigenvalue weighted by molar-refractivity contribution is 4.99. The van der Waals surface area contributed by atoms with Crippen molar-refractivity contribution in [2.45, 2.75) is 31.1 Å². The van der Waals surface area contributed by atoms with Gasteiger partial charge in [0.25, 0.3) is 12.3 Å². The first-order valence-corrected chi connectivity index (χ1v) is 2.86. The summed E-state index contributed by atoms with van der Waals surface area (Å²) < 4.78 is 93.7. The number of rotatable bonds is 2. The Morgan fingerprint density at radius 1 is 0.846 bits per heavy atom. The summed E-state index contributed by atoms with van der Waals surface area (Å²) >= 11 is 0. The van der Waals surface area contributed by atoms with Gasteiger partial charge in [-0.3, -0.25) is 0 Å². The summed E-state index contributed by atoms with van der Waals surface area (Å²) in [6, 6.07) is 0. The number of hydrogen-bond donors (Lipinski definition) is 0. The van der Waals surface area contributed by atoms with Crippen molar-refractivity contribution in [2.24, 2.45) is 0 Å². The van der Waals surface area contributed by atoms with Crippen molar-refractivity contribution in [3.63, 3.8) is 0 Å². The van der Waals surface area contributed by atoms with Crippen LogP contribution in [0.1, 0.15) is 6.92 Å². The predicted octanol–water partition coefficient (Wildman–Crippen LogP) is 3.18. The maximum absolute atomic E-state index is 12.3. The van der Waals surface area contributed by atoms with Crippen molar-refractivity contribution >= 4 is 0 Å². The average molecular weight is 216 g/mol. The molecule has 0 aliphatic carbocycles. The van der Waals surface area contributed by atoms with Gasteiger partial charge in [-0.15, -0.1) is 0 Å². The molecule has 0 fully saturated rings. The third-order valence-corrected chi connectivity index (χ3v) is 1.35. The molecule has 13 heavy (non-hydrogen) atoms. The molecule has 1 unspecified atom stereocenters. The number of halogens is 8. The van der Waals surface area contributed by atoms with E-state index in [4.69, 9.17) is 0 Å². The molecule has 0 heterocycles. The lowest BCUT2D eigenvalue weighted by Crippen LogP contribution is -2.58. The van der Waals surface area contributed by atoms with Crippen LogP contribution in [0.2, 0.25) is 0 Å². The molecule has 0 aromatic carbocycles. The van der Waals surface area contributed by atoms with Crippen LogP contribution in [-0.2, 0) is 0 Å². The quantitative estimate of drug-likeness (QED) is 0.622. The zero-order chi connectivity index (χ0) is 11.1. The molecular formula is C5H4F8. The molecule has 0 N–H and O–H groups in total. The summed E-state index contributed by atoms with van der Waals surface area (Å²) in [6.07, 6.45) is -11.1. The third kappa shape index (κ3) is 1.86. The van der Waals surface area contributed by atoms with Gasteiger partial charge in [-0.2, -0.15) is 13.2 Å². The van der Waals surface area contributed by atoms with Crippen molar-refractivity contribution in [1.29, 1.82) is 0 Å². The maximum Gasteiger partial charge on any atom is 0.434 e. The van der Waals surface area contributed by atoms with Crippen LogP contribution in [0, 0.1) is 0 Å². The van der Waals surface area contributed by atoms with E-state index in [2.05, 4.69) is 0 Å². The minimum Gasteiger partial charge on any atom is -0.220 e. The van der Waals surface area contributed by atoms with Crippen LogP contribution in [0.15, 0.2) is 0 Å². The Balaban J connectivity index is 5.22. The van der Waals surface area contributed by atoms with Crippen molar-refractivity contribution in [3.05, 3.63) is 0 Å². The van der Waals surface area contributed by atoms with E-state index < -0.39 is 31.1 Å². The first kappa shape index (κ1) is 12.4. The van der Waals surface area contributed by atoms with Gasteiger partial charge in [0.1, 0.15) is 0 Å². The Bertz CT molecular complexity index is 160. The van der Waals surface area contributed by atoms with Gasteiger partial charge in [0.2, 0.25) is 0 Å². The van der Waals surface area contributed by atoms with Gasteiger partial charge in [-0.1, -0.05) is 0 Å². The van der Waals surface area contributed by atoms with Crippen LogP contribution in [0.4, 0.5) is 35.1 Å². The van der Waals surface area contributed by atoms with Crippen LogP contribution in [0.3, 0.4) is 0 Å². The van der Waals surface area contributed by atoms with Crippen LogP contribution >= 0.6 is 0 Å². The van der Waals surface area contributed by atoms with E-state index >= 15 is 0 Å². The highest BCUT2D eigenvalue weighted by atomic mass is 19.4. The normalized spacial score (nSPS) is 18.9. The van der Waals surface area contributed by atoms with Crippen molar-refractivity contribution in [1.82, 2.24) is 0 Å². The lowest BCUT2D eigenvalue weighted by molar-refractivity contribution is -0.331. The summed E-state index contributed by atoms with van der Waals surface area (Å²) in [5.41, 5.74) is -5.79. The standard InChI is InChI=1S/C5H4F8/c1-3(8,9)4(10,2(6)7)5(11,12)13/h2H,1H3. The third-order valence-electron chi connectivity index (χ3n) is 1.35. The van der Waals surface area contributed by atoms with E-state index in [1.165, 1.54) is 0 Å². The molecule has 0 aromatic rings. The van der Waals surface area contributed by atoms with Crippen LogP contribution in [0.25, 0.3) is 0 Å². The molecule has 0 spiro atoms. The van der Waals surface area contributed by atoms with E-state index in [1.54, 1.807) is 0 Å². The molecular weight excluding hydrogens is 212 g/mol. The summed E-state index contributed by atoms with van der Waals surface area (Å²) in [5, 5.41) is 0. The van der Waals surface area contributed by atoms with Gasteiger partial charge in [-0.05, 0) is 0 Å². The van der Waals surface area contributed by atoms with E-state index in [0.29, 0.717) is 0 Å². The highest BCUT2D eigenvalue weighted by Gasteiger charge is 2.74. The number of hydrogen-bond acceptors (Lipinski definition) is 0. The molecule has 0 bridgehead atoms. The van der Waals surface area contributed by atoms with Gasteiger partial charge >= 0.3 is 11.8 Å². The fourth-order valence-electron chi connectivity index (χ4n) is 0.564. The molecule has 0 aromatic heterocycles.